The molecule has 1 saturated heterocycles. The summed E-state index contributed by atoms with van der Waals surface area (Å²) in [5.41, 5.74) is -0.916. The third-order valence-electron chi connectivity index (χ3n) is 7.79. The highest BCUT2D eigenvalue weighted by Crippen LogP contribution is 2.60. The topological polar surface area (TPSA) is 78.4 Å². The first-order chi connectivity index (χ1) is 17.2. The number of aliphatic hydroxyl groups is 1. The van der Waals surface area contributed by atoms with Crippen LogP contribution in [0.3, 0.4) is 0 Å². The van der Waals surface area contributed by atoms with Crippen molar-refractivity contribution >= 4 is 46.0 Å². The van der Waals surface area contributed by atoms with E-state index in [-0.39, 0.29) is 27.5 Å². The molecule has 0 radical (unpaired) electrons. The van der Waals surface area contributed by atoms with E-state index >= 15 is 0 Å². The number of halogens is 3. The predicted molar refractivity (Wildman–Crippen MR) is 145 cm³/mol. The van der Waals surface area contributed by atoms with Crippen LogP contribution in [-0.2, 0) is 15.0 Å². The molecule has 2 heterocycles. The SMILES string of the molecule is CC(C)(C)C[C@H]1N[C@@H](C(=O)N[C@H]2C[C@@](C)(O)C2)[C@H](c2cccc(Cl)c2)[C@@]12C(=O)Sc1cc(Cl)c(F)cc12. The van der Waals surface area contributed by atoms with Crippen LogP contribution in [0, 0.1) is 11.2 Å². The van der Waals surface area contributed by atoms with Gasteiger partial charge < -0.3 is 15.7 Å². The van der Waals surface area contributed by atoms with Crippen LogP contribution in [0.1, 0.15) is 64.0 Å². The summed E-state index contributed by atoms with van der Waals surface area (Å²) >= 11 is 13.6. The van der Waals surface area contributed by atoms with Gasteiger partial charge in [0.25, 0.3) is 0 Å². The molecule has 5 nitrogen and oxygen atoms in total. The number of benzene rings is 2. The Balaban J connectivity index is 1.68. The van der Waals surface area contributed by atoms with Crippen LogP contribution in [0.4, 0.5) is 4.39 Å². The van der Waals surface area contributed by atoms with Gasteiger partial charge in [0.05, 0.1) is 22.1 Å². The summed E-state index contributed by atoms with van der Waals surface area (Å²) in [5, 5.41) is 17.1. The van der Waals surface area contributed by atoms with E-state index in [1.807, 2.05) is 6.07 Å². The van der Waals surface area contributed by atoms with Crippen LogP contribution >= 0.6 is 35.0 Å². The van der Waals surface area contributed by atoms with Crippen LogP contribution in [0.2, 0.25) is 10.0 Å². The molecular formula is C28H31Cl2FN2O3S. The van der Waals surface area contributed by atoms with Crippen molar-refractivity contribution in [1.82, 2.24) is 10.6 Å². The van der Waals surface area contributed by atoms with Crippen molar-refractivity contribution in [3.05, 3.63) is 63.4 Å². The van der Waals surface area contributed by atoms with Gasteiger partial charge in [0.15, 0.2) is 0 Å². The number of fused-ring (bicyclic) bond motifs is 2. The van der Waals surface area contributed by atoms with Gasteiger partial charge in [-0.05, 0) is 67.0 Å². The van der Waals surface area contributed by atoms with Gasteiger partial charge in [-0.1, -0.05) is 67.9 Å². The monoisotopic (exact) mass is 564 g/mol. The van der Waals surface area contributed by atoms with Gasteiger partial charge >= 0.3 is 0 Å². The Morgan fingerprint density at radius 2 is 1.95 bits per heavy atom. The number of rotatable bonds is 4. The Labute approximate surface area is 230 Å². The molecule has 0 unspecified atom stereocenters. The number of amides is 1. The number of thioether (sulfide) groups is 1. The molecule has 1 saturated carbocycles. The van der Waals surface area contributed by atoms with Gasteiger partial charge in [-0.2, -0.15) is 0 Å². The molecule has 1 spiro atoms. The van der Waals surface area contributed by atoms with Gasteiger partial charge in [-0.15, -0.1) is 0 Å². The number of nitrogens with one attached hydrogen (secondary N) is 2. The fraction of sp³-hybridized carbons (Fsp3) is 0.500. The number of hydrogen-bond acceptors (Lipinski definition) is 5. The van der Waals surface area contributed by atoms with Gasteiger partial charge in [-0.25, -0.2) is 4.39 Å². The predicted octanol–water partition coefficient (Wildman–Crippen LogP) is 5.59. The molecule has 0 bridgehead atoms. The van der Waals surface area contributed by atoms with Crippen molar-refractivity contribution in [2.45, 2.75) is 86.9 Å². The molecule has 2 fully saturated rings. The third kappa shape index (κ3) is 4.71. The maximum absolute atomic E-state index is 15.0. The maximum Gasteiger partial charge on any atom is 0.238 e. The molecule has 2 aliphatic heterocycles. The summed E-state index contributed by atoms with van der Waals surface area (Å²) < 4.78 is 15.0. The van der Waals surface area contributed by atoms with Gasteiger partial charge in [0, 0.05) is 27.9 Å². The zero-order valence-corrected chi connectivity index (χ0v) is 23.5. The molecule has 2 aromatic carbocycles. The van der Waals surface area contributed by atoms with Gasteiger partial charge in [-0.3, -0.25) is 9.59 Å². The van der Waals surface area contributed by atoms with E-state index in [9.17, 15) is 19.1 Å². The van der Waals surface area contributed by atoms with Crippen LogP contribution in [0.25, 0.3) is 0 Å². The Bertz CT molecular complexity index is 1270. The van der Waals surface area contributed by atoms with E-state index in [0.717, 1.165) is 17.3 Å². The molecule has 5 rings (SSSR count). The molecule has 198 valence electrons. The molecule has 1 amide bonds. The molecule has 1 aliphatic carbocycles. The maximum atomic E-state index is 15.0. The lowest BCUT2D eigenvalue weighted by molar-refractivity contribution is -0.127. The van der Waals surface area contributed by atoms with E-state index < -0.39 is 34.8 Å². The summed E-state index contributed by atoms with van der Waals surface area (Å²) in [6.07, 6.45) is 1.50. The Hall–Kier alpha value is -1.64. The molecule has 37 heavy (non-hydrogen) atoms. The average molecular weight is 566 g/mol. The zero-order chi connectivity index (χ0) is 26.9. The quantitative estimate of drug-likeness (QED) is 0.451. The standard InChI is InChI=1S/C28H31Cl2FN2O3S/c1-26(2,3)13-21-28(17-9-19(31)18(30)10-20(17)37-25(28)35)22(14-6-5-7-15(29)8-14)23(33-21)24(34)32-16-11-27(4,36)12-16/h5-10,16,21-23,33,36H,11-13H2,1-4H3,(H,32,34)/t16-,21-,22+,23-,27+,28+/m1/s1. The number of carbonyl (C=O) groups is 2. The van der Waals surface area contributed by atoms with Crippen LogP contribution < -0.4 is 10.6 Å². The minimum Gasteiger partial charge on any atom is -0.390 e. The summed E-state index contributed by atoms with van der Waals surface area (Å²) in [4.78, 5) is 28.6. The molecule has 9 heteroatoms. The smallest absolute Gasteiger partial charge is 0.238 e. The van der Waals surface area contributed by atoms with Crippen molar-refractivity contribution < 1.29 is 19.1 Å². The lowest BCUT2D eigenvalue weighted by atomic mass is 9.63. The first-order valence-electron chi connectivity index (χ1n) is 12.5. The minimum atomic E-state index is -1.21. The average Bonchev–Trinajstić information content (AvgIpc) is 3.22. The van der Waals surface area contributed by atoms with E-state index in [1.165, 1.54) is 12.1 Å². The van der Waals surface area contributed by atoms with Gasteiger partial charge in [0.1, 0.15) is 5.82 Å². The van der Waals surface area contributed by atoms with E-state index in [0.29, 0.717) is 34.7 Å². The summed E-state index contributed by atoms with van der Waals surface area (Å²) in [7, 11) is 0. The number of carbonyl (C=O) groups excluding carboxylic acids is 2. The number of hydrogen-bond donors (Lipinski definition) is 3. The second-order valence-corrected chi connectivity index (χ2v) is 14.0. The fourth-order valence-electron chi connectivity index (χ4n) is 6.39. The zero-order valence-electron chi connectivity index (χ0n) is 21.2. The van der Waals surface area contributed by atoms with Crippen molar-refractivity contribution in [1.29, 1.82) is 0 Å². The summed E-state index contributed by atoms with van der Waals surface area (Å²) in [6.45, 7) is 7.99. The third-order valence-corrected chi connectivity index (χ3v) is 9.39. The summed E-state index contributed by atoms with van der Waals surface area (Å²) in [6, 6.07) is 8.71. The highest BCUT2D eigenvalue weighted by molar-refractivity contribution is 8.14. The molecule has 3 N–H and O–H groups in total. The second kappa shape index (κ2) is 9.23. The highest BCUT2D eigenvalue weighted by atomic mass is 35.5. The minimum absolute atomic E-state index is 0.0416. The van der Waals surface area contributed by atoms with E-state index in [1.54, 1.807) is 25.1 Å². The molecule has 3 aliphatic rings. The van der Waals surface area contributed by atoms with Crippen LogP contribution in [0.15, 0.2) is 41.3 Å². The lowest BCUT2D eigenvalue weighted by Gasteiger charge is -2.42. The Morgan fingerprint density at radius 3 is 2.57 bits per heavy atom. The van der Waals surface area contributed by atoms with Gasteiger partial charge in [0.2, 0.25) is 11.0 Å². The van der Waals surface area contributed by atoms with E-state index in [4.69, 9.17) is 23.2 Å². The second-order valence-electron chi connectivity index (χ2n) is 12.1. The highest BCUT2D eigenvalue weighted by Gasteiger charge is 2.66. The Kier molecular flexibility index (Phi) is 6.72. The normalized spacial score (nSPS) is 32.9. The first-order valence-corrected chi connectivity index (χ1v) is 14.0. The Morgan fingerprint density at radius 1 is 1.24 bits per heavy atom. The fourth-order valence-corrected chi connectivity index (χ4v) is 8.08. The molecule has 0 aromatic heterocycles. The first kappa shape index (κ1) is 26.9. The molecular weight excluding hydrogens is 534 g/mol. The largest absolute Gasteiger partial charge is 0.390 e. The van der Waals surface area contributed by atoms with Crippen molar-refractivity contribution in [3.8, 4) is 0 Å². The van der Waals surface area contributed by atoms with Crippen molar-refractivity contribution in [2.75, 3.05) is 0 Å². The van der Waals surface area contributed by atoms with Crippen LogP contribution in [-0.4, -0.2) is 39.9 Å². The van der Waals surface area contributed by atoms with E-state index in [2.05, 4.69) is 31.4 Å². The summed E-state index contributed by atoms with van der Waals surface area (Å²) in [5.74, 6) is -1.48. The van der Waals surface area contributed by atoms with Crippen LogP contribution in [0.5, 0.6) is 0 Å². The van der Waals surface area contributed by atoms with Crippen molar-refractivity contribution in [2.24, 2.45) is 5.41 Å². The van der Waals surface area contributed by atoms with Crippen molar-refractivity contribution in [3.63, 3.8) is 0 Å². The molecule has 4 atom stereocenters. The lowest BCUT2D eigenvalue weighted by Crippen LogP contribution is -2.57. The molecule has 2 aromatic rings.